The molecule has 8 aromatic carbocycles. The Morgan fingerprint density at radius 3 is 1.83 bits per heavy atom. The zero-order valence-corrected chi connectivity index (χ0v) is 24.6. The van der Waals surface area contributed by atoms with Crippen LogP contribution in [0.2, 0.25) is 0 Å². The summed E-state index contributed by atoms with van der Waals surface area (Å²) >= 11 is 0. The summed E-state index contributed by atoms with van der Waals surface area (Å²) in [5, 5.41) is 11.3. The molecule has 0 bridgehead atoms. The van der Waals surface area contributed by atoms with Gasteiger partial charge in [0.2, 0.25) is 5.95 Å². The largest absolute Gasteiger partial charge is 0.279 e. The maximum atomic E-state index is 5.31. The maximum absolute atomic E-state index is 5.31. The lowest BCUT2D eigenvalue weighted by Gasteiger charge is -2.13. The van der Waals surface area contributed by atoms with Crippen LogP contribution in [0.3, 0.4) is 0 Å². The lowest BCUT2D eigenvalue weighted by Crippen LogP contribution is -2.06. The number of nitrogens with zero attached hydrogens (tertiary/aromatic N) is 4. The first kappa shape index (κ1) is 24.1. The van der Waals surface area contributed by atoms with Crippen molar-refractivity contribution in [3.05, 3.63) is 146 Å². The fraction of sp³-hybridized carbons (Fsp3) is 0. The summed E-state index contributed by atoms with van der Waals surface area (Å²) in [5.74, 6) is 0.837. The minimum absolute atomic E-state index is 0.837. The van der Waals surface area contributed by atoms with Crippen LogP contribution >= 0.6 is 0 Å². The van der Waals surface area contributed by atoms with Crippen molar-refractivity contribution in [3.8, 4) is 17.1 Å². The van der Waals surface area contributed by atoms with Gasteiger partial charge in [0, 0.05) is 16.2 Å². The smallest absolute Gasteiger partial charge is 0.221 e. The van der Waals surface area contributed by atoms with Crippen molar-refractivity contribution >= 4 is 81.7 Å². The Hall–Kier alpha value is -6.26. The van der Waals surface area contributed by atoms with Crippen LogP contribution in [0.15, 0.2) is 146 Å². The van der Waals surface area contributed by atoms with E-state index in [1.165, 1.54) is 54.2 Å². The summed E-state index contributed by atoms with van der Waals surface area (Å²) in [6.45, 7) is 0. The molecule has 46 heavy (non-hydrogen) atoms. The number of fused-ring (bicyclic) bond motifs is 8. The summed E-state index contributed by atoms with van der Waals surface area (Å²) in [7, 11) is 0. The summed E-state index contributed by atoms with van der Waals surface area (Å²) in [4.78, 5) is 10.4. The number of hydrogen-bond donors (Lipinski definition) is 0. The number of imidazole rings is 1. The van der Waals surface area contributed by atoms with Crippen LogP contribution in [0.4, 0.5) is 0 Å². The highest BCUT2D eigenvalue weighted by Gasteiger charge is 2.20. The van der Waals surface area contributed by atoms with Gasteiger partial charge < -0.3 is 0 Å². The number of rotatable bonds is 2. The van der Waals surface area contributed by atoms with Crippen molar-refractivity contribution in [2.24, 2.45) is 0 Å². The fourth-order valence-corrected chi connectivity index (χ4v) is 7.77. The van der Waals surface area contributed by atoms with Gasteiger partial charge in [0.25, 0.3) is 0 Å². The first-order chi connectivity index (χ1) is 22.8. The molecule has 0 fully saturated rings. The molecule has 0 N–H and O–H groups in total. The average Bonchev–Trinajstić information content (AvgIpc) is 3.67. The number of para-hydroxylation sites is 4. The normalized spacial score (nSPS) is 12.3. The molecule has 0 aliphatic carbocycles. The van der Waals surface area contributed by atoms with E-state index in [4.69, 9.17) is 9.97 Å². The van der Waals surface area contributed by atoms with E-state index in [0.29, 0.717) is 0 Å². The zero-order valence-electron chi connectivity index (χ0n) is 24.6. The molecular weight excluding hydrogens is 560 g/mol. The van der Waals surface area contributed by atoms with Crippen LogP contribution < -0.4 is 0 Å². The summed E-state index contributed by atoms with van der Waals surface area (Å²) in [6.07, 6.45) is 0. The molecule has 0 saturated heterocycles. The minimum atomic E-state index is 0.837. The SMILES string of the molecule is c1cc2ccc3cc(-c4ccc5c(c4)c4ccccc4n5-c4nc5ccccc5c5nc6ccccc6n45)cc4ccc(c1)c2c34. The molecule has 11 aromatic rings. The van der Waals surface area contributed by atoms with Crippen LogP contribution in [-0.2, 0) is 0 Å². The van der Waals surface area contributed by atoms with E-state index in [0.717, 1.165) is 44.6 Å². The van der Waals surface area contributed by atoms with Crippen molar-refractivity contribution < 1.29 is 0 Å². The molecule has 0 aliphatic heterocycles. The van der Waals surface area contributed by atoms with Crippen molar-refractivity contribution in [2.45, 2.75) is 0 Å². The molecule has 4 nitrogen and oxygen atoms in total. The van der Waals surface area contributed by atoms with Crippen molar-refractivity contribution in [2.75, 3.05) is 0 Å². The van der Waals surface area contributed by atoms with E-state index in [1.54, 1.807) is 0 Å². The van der Waals surface area contributed by atoms with Crippen LogP contribution in [0, 0.1) is 0 Å². The van der Waals surface area contributed by atoms with Gasteiger partial charge in [0.05, 0.1) is 27.6 Å². The summed E-state index contributed by atoms with van der Waals surface area (Å²) in [6, 6.07) is 52.5. The first-order valence-corrected chi connectivity index (χ1v) is 15.7. The quantitative estimate of drug-likeness (QED) is 0.190. The van der Waals surface area contributed by atoms with Crippen molar-refractivity contribution in [1.29, 1.82) is 0 Å². The van der Waals surface area contributed by atoms with Gasteiger partial charge in [-0.1, -0.05) is 91.0 Å². The van der Waals surface area contributed by atoms with E-state index in [2.05, 4.69) is 142 Å². The Morgan fingerprint density at radius 1 is 0.391 bits per heavy atom. The molecule has 11 rings (SSSR count). The van der Waals surface area contributed by atoms with Gasteiger partial charge in [0.15, 0.2) is 0 Å². The number of benzene rings is 8. The van der Waals surface area contributed by atoms with Gasteiger partial charge in [-0.3, -0.25) is 8.97 Å². The van der Waals surface area contributed by atoms with Crippen LogP contribution in [0.1, 0.15) is 0 Å². The first-order valence-electron chi connectivity index (χ1n) is 15.7. The topological polar surface area (TPSA) is 35.1 Å². The highest BCUT2D eigenvalue weighted by Crippen LogP contribution is 2.40. The Labute approximate surface area is 262 Å². The molecule has 0 saturated carbocycles. The Morgan fingerprint density at radius 2 is 1.02 bits per heavy atom. The third kappa shape index (κ3) is 3.12. The highest BCUT2D eigenvalue weighted by molar-refractivity contribution is 6.24. The van der Waals surface area contributed by atoms with Crippen molar-refractivity contribution in [3.63, 3.8) is 0 Å². The van der Waals surface area contributed by atoms with Crippen LogP contribution in [-0.4, -0.2) is 18.9 Å². The second-order valence-corrected chi connectivity index (χ2v) is 12.3. The van der Waals surface area contributed by atoms with Crippen LogP contribution in [0.5, 0.6) is 0 Å². The second-order valence-electron chi connectivity index (χ2n) is 12.3. The van der Waals surface area contributed by atoms with Crippen LogP contribution in [0.25, 0.3) is 98.8 Å². The molecule has 0 spiro atoms. The maximum Gasteiger partial charge on any atom is 0.221 e. The molecule has 0 unspecified atom stereocenters. The molecule has 0 radical (unpaired) electrons. The minimum Gasteiger partial charge on any atom is -0.279 e. The van der Waals surface area contributed by atoms with E-state index in [1.807, 2.05) is 12.1 Å². The summed E-state index contributed by atoms with van der Waals surface area (Å²) < 4.78 is 4.53. The molecule has 0 amide bonds. The molecule has 3 heterocycles. The lowest BCUT2D eigenvalue weighted by atomic mass is 9.91. The number of hydrogen-bond acceptors (Lipinski definition) is 2. The van der Waals surface area contributed by atoms with Gasteiger partial charge >= 0.3 is 0 Å². The number of aromatic nitrogens is 4. The zero-order chi connectivity index (χ0) is 29.9. The molecular formula is C42H24N4. The third-order valence-electron chi connectivity index (χ3n) is 9.80. The Balaban J connectivity index is 1.21. The van der Waals surface area contributed by atoms with E-state index >= 15 is 0 Å². The predicted molar refractivity (Wildman–Crippen MR) is 191 cm³/mol. The Kier molecular flexibility index (Phi) is 4.55. The predicted octanol–water partition coefficient (Wildman–Crippen LogP) is 10.7. The van der Waals surface area contributed by atoms with E-state index in [9.17, 15) is 0 Å². The van der Waals surface area contributed by atoms with Gasteiger partial charge in [0.1, 0.15) is 5.65 Å². The van der Waals surface area contributed by atoms with E-state index < -0.39 is 0 Å². The summed E-state index contributed by atoms with van der Waals surface area (Å²) in [5.41, 5.74) is 8.50. The standard InChI is InChI=1S/C42H24N4/c1-3-12-34-32(11-1)41-43-35-13-4-6-15-38(35)46(41)42(44-34)45-36-14-5-2-10-31(36)33-24-27(20-21-37(33)45)30-22-28-18-16-25-8-7-9-26-17-19-29(23-30)40(28)39(25)26/h1-24H. The molecule has 0 atom stereocenters. The Bertz CT molecular complexity index is 2970. The monoisotopic (exact) mass is 584 g/mol. The molecule has 4 heteroatoms. The van der Waals surface area contributed by atoms with Gasteiger partial charge in [-0.2, -0.15) is 0 Å². The fourth-order valence-electron chi connectivity index (χ4n) is 7.77. The molecule has 3 aromatic heterocycles. The lowest BCUT2D eigenvalue weighted by molar-refractivity contribution is 0.979. The van der Waals surface area contributed by atoms with Crippen molar-refractivity contribution in [1.82, 2.24) is 18.9 Å². The van der Waals surface area contributed by atoms with E-state index in [-0.39, 0.29) is 0 Å². The average molecular weight is 585 g/mol. The third-order valence-corrected chi connectivity index (χ3v) is 9.80. The van der Waals surface area contributed by atoms with Gasteiger partial charge in [-0.15, -0.1) is 0 Å². The highest BCUT2D eigenvalue weighted by atomic mass is 15.2. The molecule has 212 valence electrons. The van der Waals surface area contributed by atoms with Gasteiger partial charge in [-0.05, 0) is 98.0 Å². The second kappa shape index (κ2) is 8.68. The molecule has 0 aliphatic rings. The van der Waals surface area contributed by atoms with Gasteiger partial charge in [-0.25, -0.2) is 9.97 Å².